The number of terminal acetylenes is 1. The molecule has 2 atom stereocenters. The van der Waals surface area contributed by atoms with Gasteiger partial charge >= 0.3 is 6.09 Å². The summed E-state index contributed by atoms with van der Waals surface area (Å²) in [5.41, 5.74) is 6.09. The first-order valence-corrected chi connectivity index (χ1v) is 13.9. The molecule has 9 nitrogen and oxygen atoms in total. The molecule has 9 heteroatoms. The SMILES string of the molecule is C#Cc1ccccc1C(C(=O)Nc1ccc2ccccc2c1)N(C(=O)C(CC(N)=O)NC(=O)OC(C)(C)C)C1CCC1. The largest absolute Gasteiger partial charge is 0.444 e. The van der Waals surface area contributed by atoms with Gasteiger partial charge in [0.1, 0.15) is 17.7 Å². The second-order valence-electron chi connectivity index (χ2n) is 11.4. The van der Waals surface area contributed by atoms with E-state index in [-0.39, 0.29) is 6.04 Å². The molecule has 0 radical (unpaired) electrons. The average molecular weight is 569 g/mol. The zero-order valence-electron chi connectivity index (χ0n) is 24.1. The molecule has 0 aromatic heterocycles. The second kappa shape index (κ2) is 12.8. The maximum Gasteiger partial charge on any atom is 0.408 e. The Morgan fingerprint density at radius 1 is 1.02 bits per heavy atom. The standard InChI is InChI=1S/C33H36N4O5/c1-5-21-11-8-9-16-26(21)29(30(39)35-24-18-17-22-12-6-7-13-23(22)19-24)37(25-14-10-15-25)31(40)27(20-28(34)38)36-32(41)42-33(2,3)4/h1,6-9,11-13,16-19,25,27,29H,10,14-15,20H2,2-4H3,(H2,34,38)(H,35,39)(H,36,41). The molecule has 42 heavy (non-hydrogen) atoms. The van der Waals surface area contributed by atoms with Gasteiger partial charge < -0.3 is 26.0 Å². The van der Waals surface area contributed by atoms with E-state index in [0.717, 1.165) is 17.2 Å². The Morgan fingerprint density at radius 3 is 2.31 bits per heavy atom. The lowest BCUT2D eigenvalue weighted by atomic mass is 9.87. The predicted octanol–water partition coefficient (Wildman–Crippen LogP) is 4.65. The predicted molar refractivity (Wildman–Crippen MR) is 161 cm³/mol. The summed E-state index contributed by atoms with van der Waals surface area (Å²) < 4.78 is 5.34. The van der Waals surface area contributed by atoms with Crippen LogP contribution in [0.25, 0.3) is 10.8 Å². The lowest BCUT2D eigenvalue weighted by Gasteiger charge is -2.43. The molecule has 4 rings (SSSR count). The van der Waals surface area contributed by atoms with Gasteiger partial charge in [-0.3, -0.25) is 14.4 Å². The summed E-state index contributed by atoms with van der Waals surface area (Å²) in [5.74, 6) is 0.720. The molecule has 1 aliphatic carbocycles. The smallest absolute Gasteiger partial charge is 0.408 e. The Morgan fingerprint density at radius 2 is 1.69 bits per heavy atom. The summed E-state index contributed by atoms with van der Waals surface area (Å²) in [6.45, 7) is 5.05. The Labute approximate surface area is 245 Å². The normalized spacial score (nSPS) is 14.5. The van der Waals surface area contributed by atoms with Gasteiger partial charge in [0.2, 0.25) is 11.8 Å². The minimum Gasteiger partial charge on any atom is -0.444 e. The van der Waals surface area contributed by atoms with Gasteiger partial charge in [0.15, 0.2) is 0 Å². The maximum absolute atomic E-state index is 14.3. The number of amides is 4. The van der Waals surface area contributed by atoms with Crippen molar-refractivity contribution in [1.82, 2.24) is 10.2 Å². The molecule has 3 aromatic carbocycles. The third-order valence-corrected chi connectivity index (χ3v) is 7.07. The third-order valence-electron chi connectivity index (χ3n) is 7.07. The van der Waals surface area contributed by atoms with Crippen molar-refractivity contribution < 1.29 is 23.9 Å². The van der Waals surface area contributed by atoms with Crippen molar-refractivity contribution in [2.75, 3.05) is 5.32 Å². The number of rotatable bonds is 9. The van der Waals surface area contributed by atoms with Gasteiger partial charge in [-0.15, -0.1) is 6.42 Å². The molecule has 0 aliphatic heterocycles. The number of benzene rings is 3. The molecule has 218 valence electrons. The van der Waals surface area contributed by atoms with Crippen LogP contribution < -0.4 is 16.4 Å². The monoisotopic (exact) mass is 568 g/mol. The number of hydrogen-bond acceptors (Lipinski definition) is 5. The lowest BCUT2D eigenvalue weighted by Crippen LogP contribution is -2.57. The molecular weight excluding hydrogens is 532 g/mol. The minimum atomic E-state index is -1.35. The molecular formula is C33H36N4O5. The van der Waals surface area contributed by atoms with E-state index < -0.39 is 47.9 Å². The number of hydrogen-bond donors (Lipinski definition) is 3. The Kier molecular flexibility index (Phi) is 9.16. The molecule has 4 amide bonds. The first-order chi connectivity index (χ1) is 20.0. The van der Waals surface area contributed by atoms with Crippen LogP contribution in [0.5, 0.6) is 0 Å². The van der Waals surface area contributed by atoms with Crippen molar-refractivity contribution in [3.8, 4) is 12.3 Å². The Balaban J connectivity index is 1.76. The molecule has 0 bridgehead atoms. The topological polar surface area (TPSA) is 131 Å². The summed E-state index contributed by atoms with van der Waals surface area (Å²) in [5, 5.41) is 7.42. The number of carbonyl (C=O) groups is 4. The molecule has 2 unspecified atom stereocenters. The number of nitrogens with zero attached hydrogens (tertiary/aromatic N) is 1. The molecule has 0 heterocycles. The number of nitrogens with one attached hydrogen (secondary N) is 2. The molecule has 1 saturated carbocycles. The van der Waals surface area contributed by atoms with Gasteiger partial charge in [0.05, 0.1) is 6.42 Å². The van der Waals surface area contributed by atoms with E-state index in [9.17, 15) is 19.2 Å². The van der Waals surface area contributed by atoms with Crippen LogP contribution in [-0.2, 0) is 19.1 Å². The number of fused-ring (bicyclic) bond motifs is 1. The number of ether oxygens (including phenoxy) is 1. The van der Waals surface area contributed by atoms with Crippen LogP contribution in [0, 0.1) is 12.3 Å². The fraction of sp³-hybridized carbons (Fsp3) is 0.333. The van der Waals surface area contributed by atoms with Gasteiger partial charge in [0.25, 0.3) is 5.91 Å². The van der Waals surface area contributed by atoms with Crippen molar-refractivity contribution >= 4 is 40.3 Å². The number of carbonyl (C=O) groups excluding carboxylic acids is 4. The van der Waals surface area contributed by atoms with E-state index in [1.165, 1.54) is 4.90 Å². The number of primary amides is 1. The molecule has 0 saturated heterocycles. The molecule has 0 spiro atoms. The molecule has 3 aromatic rings. The van der Waals surface area contributed by atoms with Gasteiger partial charge in [0, 0.05) is 17.3 Å². The molecule has 1 fully saturated rings. The maximum atomic E-state index is 14.3. The van der Waals surface area contributed by atoms with Crippen LogP contribution in [-0.4, -0.2) is 46.4 Å². The minimum absolute atomic E-state index is 0.327. The summed E-state index contributed by atoms with van der Waals surface area (Å²) in [6, 6.07) is 17.4. The summed E-state index contributed by atoms with van der Waals surface area (Å²) in [7, 11) is 0. The van der Waals surface area contributed by atoms with Crippen LogP contribution in [0.2, 0.25) is 0 Å². The number of alkyl carbamates (subject to hydrolysis) is 1. The zero-order valence-corrected chi connectivity index (χ0v) is 24.1. The highest BCUT2D eigenvalue weighted by atomic mass is 16.6. The van der Waals surface area contributed by atoms with Gasteiger partial charge in [-0.1, -0.05) is 54.5 Å². The summed E-state index contributed by atoms with van der Waals surface area (Å²) in [6.07, 6.45) is 6.61. The molecule has 4 N–H and O–H groups in total. The average Bonchev–Trinajstić information content (AvgIpc) is 2.89. The second-order valence-corrected chi connectivity index (χ2v) is 11.4. The van der Waals surface area contributed by atoms with Crippen molar-refractivity contribution in [2.24, 2.45) is 5.73 Å². The van der Waals surface area contributed by atoms with Crippen molar-refractivity contribution in [2.45, 2.75) is 70.2 Å². The van der Waals surface area contributed by atoms with Crippen LogP contribution in [0.4, 0.5) is 10.5 Å². The van der Waals surface area contributed by atoms with Crippen molar-refractivity contribution in [1.29, 1.82) is 0 Å². The lowest BCUT2D eigenvalue weighted by molar-refractivity contribution is -0.146. The number of anilines is 1. The van der Waals surface area contributed by atoms with Crippen LogP contribution in [0.15, 0.2) is 66.7 Å². The molecule has 1 aliphatic rings. The van der Waals surface area contributed by atoms with E-state index in [2.05, 4.69) is 16.6 Å². The van der Waals surface area contributed by atoms with Crippen molar-refractivity contribution in [3.05, 3.63) is 77.9 Å². The fourth-order valence-corrected chi connectivity index (χ4v) is 4.98. The quantitative estimate of drug-likeness (QED) is 0.324. The van der Waals surface area contributed by atoms with E-state index in [0.29, 0.717) is 29.7 Å². The van der Waals surface area contributed by atoms with Crippen LogP contribution in [0.1, 0.15) is 63.6 Å². The van der Waals surface area contributed by atoms with Crippen LogP contribution >= 0.6 is 0 Å². The Bertz CT molecular complexity index is 1530. The van der Waals surface area contributed by atoms with E-state index in [1.54, 1.807) is 51.1 Å². The van der Waals surface area contributed by atoms with Gasteiger partial charge in [-0.05, 0) is 74.6 Å². The fourth-order valence-electron chi connectivity index (χ4n) is 4.98. The third kappa shape index (κ3) is 7.26. The first-order valence-electron chi connectivity index (χ1n) is 13.9. The zero-order chi connectivity index (χ0) is 30.4. The van der Waals surface area contributed by atoms with Crippen LogP contribution in [0.3, 0.4) is 0 Å². The Hall–Kier alpha value is -4.84. The van der Waals surface area contributed by atoms with E-state index in [1.807, 2.05) is 36.4 Å². The number of nitrogens with two attached hydrogens (primary N) is 1. The highest BCUT2D eigenvalue weighted by Gasteiger charge is 2.43. The van der Waals surface area contributed by atoms with Crippen molar-refractivity contribution in [3.63, 3.8) is 0 Å². The van der Waals surface area contributed by atoms with Gasteiger partial charge in [-0.2, -0.15) is 0 Å². The van der Waals surface area contributed by atoms with E-state index in [4.69, 9.17) is 16.9 Å². The highest BCUT2D eigenvalue weighted by Crippen LogP contribution is 2.36. The van der Waals surface area contributed by atoms with Gasteiger partial charge in [-0.25, -0.2) is 4.79 Å². The highest BCUT2D eigenvalue weighted by molar-refractivity contribution is 6.01. The first kappa shape index (κ1) is 30.1. The van der Waals surface area contributed by atoms with E-state index >= 15 is 0 Å². The summed E-state index contributed by atoms with van der Waals surface area (Å²) >= 11 is 0. The summed E-state index contributed by atoms with van der Waals surface area (Å²) in [4.78, 5) is 54.6.